The molecule has 1 aliphatic heterocycles. The summed E-state index contributed by atoms with van der Waals surface area (Å²) in [6.07, 6.45) is 4.86. The Labute approximate surface area is 140 Å². The third kappa shape index (κ3) is 2.46. The van der Waals surface area contributed by atoms with Crippen LogP contribution in [0.3, 0.4) is 0 Å². The lowest BCUT2D eigenvalue weighted by Crippen LogP contribution is -2.31. The molecule has 0 unspecified atom stereocenters. The van der Waals surface area contributed by atoms with E-state index in [1.165, 1.54) is 5.56 Å². The van der Waals surface area contributed by atoms with Gasteiger partial charge in [-0.25, -0.2) is 0 Å². The van der Waals surface area contributed by atoms with Gasteiger partial charge in [0.1, 0.15) is 0 Å². The van der Waals surface area contributed by atoms with Crippen LogP contribution >= 0.6 is 0 Å². The standard InChI is InChI=1S/C19H20N4O/c1-2-14-8-10-15(11-9-14)19(24)22-13-5-6-16(22)18-21-20-17-7-3-4-12-23(17)18/h3-4,7-12,16H,2,5-6,13H2,1H3/t16-/m1/s1. The molecule has 1 atom stereocenters. The molecular formula is C19H20N4O. The summed E-state index contributed by atoms with van der Waals surface area (Å²) in [4.78, 5) is 14.9. The molecular weight excluding hydrogens is 300 g/mol. The molecule has 0 saturated carbocycles. The molecule has 1 saturated heterocycles. The lowest BCUT2D eigenvalue weighted by Gasteiger charge is -2.23. The monoisotopic (exact) mass is 320 g/mol. The Morgan fingerprint density at radius 1 is 1.17 bits per heavy atom. The quantitative estimate of drug-likeness (QED) is 0.744. The summed E-state index contributed by atoms with van der Waals surface area (Å²) in [5.41, 5.74) is 2.81. The topological polar surface area (TPSA) is 50.5 Å². The second-order valence-electron chi connectivity index (χ2n) is 6.19. The van der Waals surface area contributed by atoms with Gasteiger partial charge in [0, 0.05) is 18.3 Å². The summed E-state index contributed by atoms with van der Waals surface area (Å²) >= 11 is 0. The van der Waals surface area contributed by atoms with Crippen LogP contribution in [0.25, 0.3) is 5.65 Å². The molecule has 4 rings (SSSR count). The highest BCUT2D eigenvalue weighted by atomic mass is 16.2. The summed E-state index contributed by atoms with van der Waals surface area (Å²) in [6.45, 7) is 2.88. The van der Waals surface area contributed by atoms with E-state index in [9.17, 15) is 4.79 Å². The number of hydrogen-bond acceptors (Lipinski definition) is 3. The highest BCUT2D eigenvalue weighted by Crippen LogP contribution is 2.32. The molecule has 0 radical (unpaired) electrons. The Morgan fingerprint density at radius 2 is 2.00 bits per heavy atom. The van der Waals surface area contributed by atoms with Crippen molar-refractivity contribution in [2.75, 3.05) is 6.54 Å². The van der Waals surface area contributed by atoms with Crippen LogP contribution in [0.5, 0.6) is 0 Å². The van der Waals surface area contributed by atoms with E-state index in [1.54, 1.807) is 0 Å². The number of hydrogen-bond donors (Lipinski definition) is 0. The molecule has 24 heavy (non-hydrogen) atoms. The Morgan fingerprint density at radius 3 is 2.79 bits per heavy atom. The SMILES string of the molecule is CCc1ccc(C(=O)N2CCC[C@@H]2c2nnc3ccccn23)cc1. The van der Waals surface area contributed by atoms with Crippen molar-refractivity contribution < 1.29 is 4.79 Å². The molecule has 0 N–H and O–H groups in total. The maximum Gasteiger partial charge on any atom is 0.254 e. The summed E-state index contributed by atoms with van der Waals surface area (Å²) in [6, 6.07) is 13.7. The lowest BCUT2D eigenvalue weighted by atomic mass is 10.1. The summed E-state index contributed by atoms with van der Waals surface area (Å²) in [5.74, 6) is 0.925. The number of nitrogens with zero attached hydrogens (tertiary/aromatic N) is 4. The van der Waals surface area contributed by atoms with Gasteiger partial charge in [-0.2, -0.15) is 0 Å². The van der Waals surface area contributed by atoms with Gasteiger partial charge in [-0.15, -0.1) is 10.2 Å². The highest BCUT2D eigenvalue weighted by molar-refractivity contribution is 5.94. The number of rotatable bonds is 3. The maximum atomic E-state index is 13.0. The third-order valence-corrected chi connectivity index (χ3v) is 4.76. The second-order valence-corrected chi connectivity index (χ2v) is 6.19. The van der Waals surface area contributed by atoms with E-state index in [2.05, 4.69) is 17.1 Å². The van der Waals surface area contributed by atoms with E-state index in [4.69, 9.17) is 0 Å². The summed E-state index contributed by atoms with van der Waals surface area (Å²) in [5, 5.41) is 8.58. The van der Waals surface area contributed by atoms with Crippen LogP contribution in [0.15, 0.2) is 48.7 Å². The molecule has 1 aliphatic rings. The fourth-order valence-electron chi connectivity index (χ4n) is 3.41. The largest absolute Gasteiger partial charge is 0.328 e. The van der Waals surface area contributed by atoms with Gasteiger partial charge in [0.15, 0.2) is 11.5 Å². The number of benzene rings is 1. The van der Waals surface area contributed by atoms with E-state index in [-0.39, 0.29) is 11.9 Å². The minimum absolute atomic E-state index is 0.0132. The van der Waals surface area contributed by atoms with Crippen LogP contribution in [0.1, 0.15) is 47.6 Å². The summed E-state index contributed by atoms with van der Waals surface area (Å²) < 4.78 is 1.98. The Bertz CT molecular complexity index is 868. The smallest absolute Gasteiger partial charge is 0.254 e. The normalized spacial score (nSPS) is 17.5. The van der Waals surface area contributed by atoms with Crippen LogP contribution in [-0.2, 0) is 6.42 Å². The van der Waals surface area contributed by atoms with E-state index >= 15 is 0 Å². The van der Waals surface area contributed by atoms with E-state index in [0.29, 0.717) is 0 Å². The zero-order chi connectivity index (χ0) is 16.5. The van der Waals surface area contributed by atoms with Crippen molar-refractivity contribution in [2.45, 2.75) is 32.2 Å². The molecule has 1 aromatic carbocycles. The number of fused-ring (bicyclic) bond motifs is 1. The number of aryl methyl sites for hydroxylation is 1. The molecule has 5 heteroatoms. The Kier molecular flexibility index (Phi) is 3.76. The number of carbonyl (C=O) groups excluding carboxylic acids is 1. The van der Waals surface area contributed by atoms with Gasteiger partial charge in [-0.05, 0) is 49.1 Å². The minimum atomic E-state index is -0.0132. The molecule has 0 spiro atoms. The molecule has 122 valence electrons. The van der Waals surface area contributed by atoms with Crippen molar-refractivity contribution in [1.82, 2.24) is 19.5 Å². The van der Waals surface area contributed by atoms with Crippen molar-refractivity contribution >= 4 is 11.6 Å². The van der Waals surface area contributed by atoms with Crippen LogP contribution in [0.4, 0.5) is 0 Å². The van der Waals surface area contributed by atoms with Crippen molar-refractivity contribution in [3.05, 3.63) is 65.6 Å². The molecule has 3 heterocycles. The van der Waals surface area contributed by atoms with Gasteiger partial charge in [0.25, 0.3) is 5.91 Å². The predicted molar refractivity (Wildman–Crippen MR) is 91.8 cm³/mol. The first kappa shape index (κ1) is 14.9. The fraction of sp³-hybridized carbons (Fsp3) is 0.316. The maximum absolute atomic E-state index is 13.0. The molecule has 0 aliphatic carbocycles. The zero-order valence-corrected chi connectivity index (χ0v) is 13.7. The van der Waals surface area contributed by atoms with Crippen LogP contribution in [-0.4, -0.2) is 31.9 Å². The Balaban J connectivity index is 1.65. The molecule has 5 nitrogen and oxygen atoms in total. The molecule has 0 bridgehead atoms. The Hall–Kier alpha value is -2.69. The van der Waals surface area contributed by atoms with Gasteiger partial charge in [-0.1, -0.05) is 25.1 Å². The molecule has 3 aromatic rings. The first-order chi connectivity index (χ1) is 11.8. The highest BCUT2D eigenvalue weighted by Gasteiger charge is 2.33. The van der Waals surface area contributed by atoms with Crippen LogP contribution < -0.4 is 0 Å². The average Bonchev–Trinajstić information content (AvgIpc) is 3.27. The molecule has 2 aromatic heterocycles. The predicted octanol–water partition coefficient (Wildman–Crippen LogP) is 3.27. The van der Waals surface area contributed by atoms with Gasteiger partial charge in [0.2, 0.25) is 0 Å². The molecule has 1 amide bonds. The minimum Gasteiger partial charge on any atom is -0.328 e. The van der Waals surface area contributed by atoms with Crippen LogP contribution in [0, 0.1) is 0 Å². The van der Waals surface area contributed by atoms with Crippen molar-refractivity contribution in [1.29, 1.82) is 0 Å². The molecule has 1 fully saturated rings. The van der Waals surface area contributed by atoms with Crippen molar-refractivity contribution in [2.24, 2.45) is 0 Å². The van der Waals surface area contributed by atoms with Gasteiger partial charge in [-0.3, -0.25) is 9.20 Å². The van der Waals surface area contributed by atoms with Gasteiger partial charge in [0.05, 0.1) is 6.04 Å². The third-order valence-electron chi connectivity index (χ3n) is 4.76. The second kappa shape index (κ2) is 6.07. The van der Waals surface area contributed by atoms with Gasteiger partial charge < -0.3 is 4.90 Å². The number of amides is 1. The van der Waals surface area contributed by atoms with Crippen LogP contribution in [0.2, 0.25) is 0 Å². The summed E-state index contributed by atoms with van der Waals surface area (Å²) in [7, 11) is 0. The number of likely N-dealkylation sites (tertiary alicyclic amines) is 1. The van der Waals surface area contributed by atoms with E-state index < -0.39 is 0 Å². The van der Waals surface area contributed by atoms with E-state index in [0.717, 1.165) is 42.8 Å². The number of aromatic nitrogens is 3. The lowest BCUT2D eigenvalue weighted by molar-refractivity contribution is 0.0729. The fourth-order valence-corrected chi connectivity index (χ4v) is 3.41. The first-order valence-electron chi connectivity index (χ1n) is 8.47. The van der Waals surface area contributed by atoms with E-state index in [1.807, 2.05) is 58.0 Å². The number of carbonyl (C=O) groups is 1. The average molecular weight is 320 g/mol. The zero-order valence-electron chi connectivity index (χ0n) is 13.7. The number of pyridine rings is 1. The van der Waals surface area contributed by atoms with Gasteiger partial charge >= 0.3 is 0 Å². The van der Waals surface area contributed by atoms with Crippen molar-refractivity contribution in [3.8, 4) is 0 Å². The first-order valence-corrected chi connectivity index (χ1v) is 8.47. The van der Waals surface area contributed by atoms with Crippen molar-refractivity contribution in [3.63, 3.8) is 0 Å².